The third kappa shape index (κ3) is 3.78. The van der Waals surface area contributed by atoms with Crippen LogP contribution in [0.5, 0.6) is 11.5 Å². The minimum Gasteiger partial charge on any atom is -0.493 e. The van der Waals surface area contributed by atoms with E-state index in [4.69, 9.17) is 19.3 Å². The fourth-order valence-corrected chi connectivity index (χ4v) is 2.14. The quantitative estimate of drug-likeness (QED) is 0.849. The van der Waals surface area contributed by atoms with Crippen molar-refractivity contribution in [1.29, 1.82) is 0 Å². The second-order valence-corrected chi connectivity index (χ2v) is 4.73. The Bertz CT molecular complexity index is 672. The molecule has 0 aliphatic heterocycles. The van der Waals surface area contributed by atoms with E-state index >= 15 is 0 Å². The molecule has 0 aliphatic carbocycles. The maximum absolute atomic E-state index is 14.7. The molecule has 0 radical (unpaired) electrons. The van der Waals surface area contributed by atoms with Crippen LogP contribution >= 0.6 is 0 Å². The minimum atomic E-state index is -1.42. The third-order valence-electron chi connectivity index (χ3n) is 3.28. The van der Waals surface area contributed by atoms with Crippen LogP contribution in [0.3, 0.4) is 0 Å². The van der Waals surface area contributed by atoms with Crippen LogP contribution in [0.4, 0.5) is 4.39 Å². The van der Waals surface area contributed by atoms with E-state index in [9.17, 15) is 9.18 Å². The number of aliphatic carboxylic acids is 1. The molecular weight excluding hydrogens is 303 g/mol. The summed E-state index contributed by atoms with van der Waals surface area (Å²) in [5.41, 5.74) is 0.727. The zero-order chi connectivity index (χ0) is 16.8. The molecule has 2 aromatic carbocycles. The molecule has 2 aromatic rings. The van der Waals surface area contributed by atoms with E-state index in [1.807, 2.05) is 30.3 Å². The SMILES string of the molecule is COc1ccc(C(OC)C(=O)O)c(F)c1OCc1ccccc1. The Morgan fingerprint density at radius 1 is 1.17 bits per heavy atom. The Labute approximate surface area is 133 Å². The summed E-state index contributed by atoms with van der Waals surface area (Å²) >= 11 is 0. The molecule has 0 spiro atoms. The Morgan fingerprint density at radius 2 is 1.87 bits per heavy atom. The largest absolute Gasteiger partial charge is 0.493 e. The molecule has 0 amide bonds. The first-order chi connectivity index (χ1) is 11.1. The summed E-state index contributed by atoms with van der Waals surface area (Å²) in [5, 5.41) is 9.11. The number of benzene rings is 2. The van der Waals surface area contributed by atoms with Crippen molar-refractivity contribution >= 4 is 5.97 Å². The van der Waals surface area contributed by atoms with E-state index in [1.54, 1.807) is 0 Å². The second kappa shape index (κ2) is 7.60. The molecule has 23 heavy (non-hydrogen) atoms. The number of carboxylic acids is 1. The zero-order valence-electron chi connectivity index (χ0n) is 12.8. The highest BCUT2D eigenvalue weighted by atomic mass is 19.1. The number of hydrogen-bond acceptors (Lipinski definition) is 4. The van der Waals surface area contributed by atoms with Gasteiger partial charge in [0.1, 0.15) is 6.61 Å². The van der Waals surface area contributed by atoms with Crippen LogP contribution in [0.2, 0.25) is 0 Å². The van der Waals surface area contributed by atoms with Gasteiger partial charge < -0.3 is 19.3 Å². The van der Waals surface area contributed by atoms with Crippen LogP contribution in [0.1, 0.15) is 17.2 Å². The Kier molecular flexibility index (Phi) is 5.54. The van der Waals surface area contributed by atoms with Crippen molar-refractivity contribution in [3.63, 3.8) is 0 Å². The van der Waals surface area contributed by atoms with Gasteiger partial charge in [0.15, 0.2) is 23.4 Å². The van der Waals surface area contributed by atoms with Gasteiger partial charge in [-0.25, -0.2) is 9.18 Å². The first kappa shape index (κ1) is 16.8. The molecule has 0 aliphatic rings. The summed E-state index contributed by atoms with van der Waals surface area (Å²) in [6, 6.07) is 12.0. The summed E-state index contributed by atoms with van der Waals surface area (Å²) in [7, 11) is 2.59. The van der Waals surface area contributed by atoms with Crippen LogP contribution in [0.15, 0.2) is 42.5 Å². The maximum Gasteiger partial charge on any atom is 0.337 e. The second-order valence-electron chi connectivity index (χ2n) is 4.73. The fraction of sp³-hybridized carbons (Fsp3) is 0.235. The van der Waals surface area contributed by atoms with Gasteiger partial charge in [-0.3, -0.25) is 0 Å². The molecule has 122 valence electrons. The molecule has 1 atom stereocenters. The third-order valence-corrected chi connectivity index (χ3v) is 3.28. The maximum atomic E-state index is 14.7. The summed E-state index contributed by atoms with van der Waals surface area (Å²) < 4.78 is 30.1. The van der Waals surface area contributed by atoms with Gasteiger partial charge >= 0.3 is 5.97 Å². The van der Waals surface area contributed by atoms with E-state index in [2.05, 4.69) is 0 Å². The lowest BCUT2D eigenvalue weighted by Gasteiger charge is -2.17. The topological polar surface area (TPSA) is 65.0 Å². The Balaban J connectivity index is 2.34. The molecule has 1 N–H and O–H groups in total. The molecular formula is C17H17FO5. The normalized spacial score (nSPS) is 11.8. The molecule has 5 nitrogen and oxygen atoms in total. The van der Waals surface area contributed by atoms with Crippen LogP contribution < -0.4 is 9.47 Å². The lowest BCUT2D eigenvalue weighted by molar-refractivity contribution is -0.149. The highest BCUT2D eigenvalue weighted by Crippen LogP contribution is 2.36. The lowest BCUT2D eigenvalue weighted by atomic mass is 10.1. The average molecular weight is 320 g/mol. The van der Waals surface area contributed by atoms with E-state index in [1.165, 1.54) is 26.4 Å². The molecule has 0 heterocycles. The molecule has 2 rings (SSSR count). The lowest BCUT2D eigenvalue weighted by Crippen LogP contribution is -2.16. The van der Waals surface area contributed by atoms with Crippen molar-refractivity contribution in [3.8, 4) is 11.5 Å². The molecule has 0 fully saturated rings. The van der Waals surface area contributed by atoms with Gasteiger partial charge in [-0.1, -0.05) is 30.3 Å². The number of hydrogen-bond donors (Lipinski definition) is 1. The van der Waals surface area contributed by atoms with Gasteiger partial charge in [0, 0.05) is 12.7 Å². The molecule has 0 saturated heterocycles. The van der Waals surface area contributed by atoms with E-state index in [-0.39, 0.29) is 23.7 Å². The predicted octanol–water partition coefficient (Wildman–Crippen LogP) is 3.19. The monoisotopic (exact) mass is 320 g/mol. The average Bonchev–Trinajstić information content (AvgIpc) is 2.56. The molecule has 0 saturated carbocycles. The van der Waals surface area contributed by atoms with Gasteiger partial charge in [-0.15, -0.1) is 0 Å². The van der Waals surface area contributed by atoms with Gasteiger partial charge in [-0.2, -0.15) is 0 Å². The summed E-state index contributed by atoms with van der Waals surface area (Å²) in [6.45, 7) is 0.127. The van der Waals surface area contributed by atoms with Crippen molar-refractivity contribution in [2.45, 2.75) is 12.7 Å². The first-order valence-electron chi connectivity index (χ1n) is 6.87. The van der Waals surface area contributed by atoms with E-state index in [0.717, 1.165) is 5.56 Å². The van der Waals surface area contributed by atoms with Crippen LogP contribution in [-0.4, -0.2) is 25.3 Å². The summed E-state index contributed by atoms with van der Waals surface area (Å²) in [4.78, 5) is 11.2. The van der Waals surface area contributed by atoms with E-state index < -0.39 is 17.9 Å². The molecule has 6 heteroatoms. The summed E-state index contributed by atoms with van der Waals surface area (Å²) in [6.07, 6.45) is -1.42. The number of carboxylic acid groups (broad SMARTS) is 1. The van der Waals surface area contributed by atoms with Crippen molar-refractivity contribution in [3.05, 3.63) is 59.4 Å². The minimum absolute atomic E-state index is 0.121. The molecule has 1 unspecified atom stereocenters. The molecule has 0 bridgehead atoms. The van der Waals surface area contributed by atoms with Crippen LogP contribution in [-0.2, 0) is 16.1 Å². The fourth-order valence-electron chi connectivity index (χ4n) is 2.14. The van der Waals surface area contributed by atoms with Gasteiger partial charge in [0.2, 0.25) is 0 Å². The van der Waals surface area contributed by atoms with Crippen LogP contribution in [0, 0.1) is 5.82 Å². The van der Waals surface area contributed by atoms with Crippen molar-refractivity contribution in [2.75, 3.05) is 14.2 Å². The number of carbonyl (C=O) groups is 1. The van der Waals surface area contributed by atoms with Crippen LogP contribution in [0.25, 0.3) is 0 Å². The smallest absolute Gasteiger partial charge is 0.337 e. The predicted molar refractivity (Wildman–Crippen MR) is 81.1 cm³/mol. The van der Waals surface area contributed by atoms with Crippen molar-refractivity contribution < 1.29 is 28.5 Å². The van der Waals surface area contributed by atoms with Gasteiger partial charge in [0.25, 0.3) is 0 Å². The highest BCUT2D eigenvalue weighted by molar-refractivity contribution is 5.75. The highest BCUT2D eigenvalue weighted by Gasteiger charge is 2.26. The zero-order valence-corrected chi connectivity index (χ0v) is 12.8. The standard InChI is InChI=1S/C17H17FO5/c1-21-13-9-8-12(15(22-2)17(19)20)14(18)16(13)23-10-11-6-4-3-5-7-11/h3-9,15H,10H2,1-2H3,(H,19,20). The number of rotatable bonds is 7. The Morgan fingerprint density at radius 3 is 2.43 bits per heavy atom. The van der Waals surface area contributed by atoms with Gasteiger partial charge in [0.05, 0.1) is 7.11 Å². The van der Waals surface area contributed by atoms with Crippen molar-refractivity contribution in [2.24, 2.45) is 0 Å². The Hall–Kier alpha value is -2.60. The number of methoxy groups -OCH3 is 2. The first-order valence-corrected chi connectivity index (χ1v) is 6.87. The molecule has 0 aromatic heterocycles. The number of halogens is 1. The number of ether oxygens (including phenoxy) is 3. The van der Waals surface area contributed by atoms with E-state index in [0.29, 0.717) is 0 Å². The van der Waals surface area contributed by atoms with Gasteiger partial charge in [-0.05, 0) is 17.7 Å². The van der Waals surface area contributed by atoms with Crippen molar-refractivity contribution in [1.82, 2.24) is 0 Å². The summed E-state index contributed by atoms with van der Waals surface area (Å²) in [5.74, 6) is -2.06.